The highest BCUT2D eigenvalue weighted by molar-refractivity contribution is 5.83. The van der Waals surface area contributed by atoms with Gasteiger partial charge >= 0.3 is 0 Å². The summed E-state index contributed by atoms with van der Waals surface area (Å²) in [7, 11) is 0. The van der Waals surface area contributed by atoms with Crippen molar-refractivity contribution < 1.29 is 15.3 Å². The summed E-state index contributed by atoms with van der Waals surface area (Å²) in [6, 6.07) is 14.0. The van der Waals surface area contributed by atoms with Gasteiger partial charge in [0.2, 0.25) is 0 Å². The second-order valence-electron chi connectivity index (χ2n) is 5.42. The van der Waals surface area contributed by atoms with Gasteiger partial charge in [-0.2, -0.15) is 0 Å². The molecule has 0 saturated heterocycles. The van der Waals surface area contributed by atoms with Crippen molar-refractivity contribution in [2.75, 3.05) is 13.1 Å². The Morgan fingerprint density at radius 3 is 1.58 bits per heavy atom. The van der Waals surface area contributed by atoms with Gasteiger partial charge < -0.3 is 15.3 Å². The van der Waals surface area contributed by atoms with Crippen LogP contribution in [0.15, 0.2) is 58.5 Å². The molecule has 0 fully saturated rings. The van der Waals surface area contributed by atoms with Crippen molar-refractivity contribution in [2.45, 2.75) is 18.9 Å². The van der Waals surface area contributed by atoms with E-state index in [0.29, 0.717) is 37.1 Å². The summed E-state index contributed by atoms with van der Waals surface area (Å²) >= 11 is 0. The third-order valence-corrected chi connectivity index (χ3v) is 3.52. The predicted octanol–water partition coefficient (Wildman–Crippen LogP) is 2.78. The molecule has 0 aliphatic heterocycles. The molecule has 0 amide bonds. The number of aromatic hydroxyl groups is 2. The molecule has 0 aliphatic carbocycles. The molecular weight excluding hydrogens is 304 g/mol. The smallest absolute Gasteiger partial charge is 0.124 e. The molecule has 2 aromatic carbocycles. The maximum Gasteiger partial charge on any atom is 0.124 e. The first-order valence-electron chi connectivity index (χ1n) is 7.90. The Morgan fingerprint density at radius 1 is 0.750 bits per heavy atom. The van der Waals surface area contributed by atoms with Crippen LogP contribution in [0.3, 0.4) is 0 Å². The molecule has 2 rings (SSSR count). The highest BCUT2D eigenvalue weighted by atomic mass is 16.3. The summed E-state index contributed by atoms with van der Waals surface area (Å²) in [6.07, 6.45) is 3.82. The molecule has 0 saturated carbocycles. The van der Waals surface area contributed by atoms with E-state index in [2.05, 4.69) is 9.98 Å². The quantitative estimate of drug-likeness (QED) is 0.652. The highest BCUT2D eigenvalue weighted by Gasteiger charge is 2.02. The molecule has 0 unspecified atom stereocenters. The lowest BCUT2D eigenvalue weighted by Crippen LogP contribution is -2.09. The first kappa shape index (κ1) is 17.7. The van der Waals surface area contributed by atoms with Gasteiger partial charge in [0.05, 0.1) is 6.10 Å². The molecule has 0 atom stereocenters. The molecule has 5 nitrogen and oxygen atoms in total. The number of aliphatic imine (C=N–C) groups is 2. The van der Waals surface area contributed by atoms with E-state index in [1.165, 1.54) is 0 Å². The maximum absolute atomic E-state index is 9.91. The molecule has 126 valence electrons. The molecule has 2 aromatic rings. The number of benzene rings is 2. The van der Waals surface area contributed by atoms with E-state index < -0.39 is 6.10 Å². The number of aliphatic hydroxyl groups is 1. The zero-order valence-corrected chi connectivity index (χ0v) is 13.4. The minimum Gasteiger partial charge on any atom is -0.507 e. The SMILES string of the molecule is Oc1ccccc1C=NCCC(O)CCN=Cc1ccccc1O. The monoisotopic (exact) mass is 326 g/mol. The van der Waals surface area contributed by atoms with Crippen LogP contribution in [-0.2, 0) is 0 Å². The summed E-state index contributed by atoms with van der Waals surface area (Å²) in [5, 5.41) is 29.1. The van der Waals surface area contributed by atoms with E-state index in [1.807, 2.05) is 12.1 Å². The zero-order valence-electron chi connectivity index (χ0n) is 13.4. The van der Waals surface area contributed by atoms with Gasteiger partial charge in [-0.3, -0.25) is 9.98 Å². The van der Waals surface area contributed by atoms with Gasteiger partial charge in [0.25, 0.3) is 0 Å². The van der Waals surface area contributed by atoms with Crippen LogP contribution in [0.1, 0.15) is 24.0 Å². The third kappa shape index (κ3) is 5.85. The lowest BCUT2D eigenvalue weighted by Gasteiger charge is -2.06. The first-order valence-corrected chi connectivity index (χ1v) is 7.90. The third-order valence-electron chi connectivity index (χ3n) is 3.52. The number of phenols is 2. The normalized spacial score (nSPS) is 12.9. The fourth-order valence-corrected chi connectivity index (χ4v) is 2.11. The van der Waals surface area contributed by atoms with E-state index in [9.17, 15) is 15.3 Å². The number of nitrogens with zero attached hydrogens (tertiary/aromatic N) is 2. The van der Waals surface area contributed by atoms with E-state index in [-0.39, 0.29) is 11.5 Å². The average molecular weight is 326 g/mol. The number of aliphatic hydroxyl groups excluding tert-OH is 1. The lowest BCUT2D eigenvalue weighted by molar-refractivity contribution is 0.160. The predicted molar refractivity (Wildman–Crippen MR) is 96.4 cm³/mol. The van der Waals surface area contributed by atoms with Gasteiger partial charge in [-0.25, -0.2) is 0 Å². The van der Waals surface area contributed by atoms with Crippen LogP contribution in [-0.4, -0.2) is 46.9 Å². The number of para-hydroxylation sites is 2. The van der Waals surface area contributed by atoms with E-state index in [1.54, 1.807) is 48.8 Å². The van der Waals surface area contributed by atoms with Crippen molar-refractivity contribution in [1.82, 2.24) is 0 Å². The maximum atomic E-state index is 9.91. The number of hydrogen-bond donors (Lipinski definition) is 3. The van der Waals surface area contributed by atoms with Crippen LogP contribution in [0.5, 0.6) is 11.5 Å². The van der Waals surface area contributed by atoms with Crippen molar-refractivity contribution in [3.8, 4) is 11.5 Å². The summed E-state index contributed by atoms with van der Waals surface area (Å²) in [5.41, 5.74) is 1.33. The molecule has 0 aromatic heterocycles. The molecule has 5 heteroatoms. The Hall–Kier alpha value is -2.66. The minimum absolute atomic E-state index is 0.195. The summed E-state index contributed by atoms with van der Waals surface area (Å²) in [6.45, 7) is 0.970. The van der Waals surface area contributed by atoms with Crippen LogP contribution in [0, 0.1) is 0 Å². The van der Waals surface area contributed by atoms with Gasteiger partial charge in [0, 0.05) is 36.6 Å². The van der Waals surface area contributed by atoms with E-state index in [0.717, 1.165) is 0 Å². The van der Waals surface area contributed by atoms with Crippen LogP contribution in [0.25, 0.3) is 0 Å². The van der Waals surface area contributed by atoms with Crippen molar-refractivity contribution in [1.29, 1.82) is 0 Å². The Bertz CT molecular complexity index is 639. The molecule has 0 aliphatic rings. The van der Waals surface area contributed by atoms with Gasteiger partial charge in [-0.15, -0.1) is 0 Å². The second-order valence-corrected chi connectivity index (χ2v) is 5.42. The standard InChI is InChI=1S/C19H22N2O3/c22-17(9-11-20-13-15-5-1-3-7-18(15)23)10-12-21-14-16-6-2-4-8-19(16)24/h1-8,13-14,17,22-24H,9-12H2. The fraction of sp³-hybridized carbons (Fsp3) is 0.263. The summed E-state index contributed by atoms with van der Waals surface area (Å²) in [4.78, 5) is 8.43. The van der Waals surface area contributed by atoms with Crippen LogP contribution >= 0.6 is 0 Å². The number of phenolic OH excluding ortho intramolecular Hbond substituents is 2. The Morgan fingerprint density at radius 2 is 1.17 bits per heavy atom. The van der Waals surface area contributed by atoms with Crippen molar-refractivity contribution in [2.24, 2.45) is 9.98 Å². The van der Waals surface area contributed by atoms with Crippen molar-refractivity contribution in [3.05, 3.63) is 59.7 Å². The van der Waals surface area contributed by atoms with Crippen LogP contribution in [0.2, 0.25) is 0 Å². The van der Waals surface area contributed by atoms with Gasteiger partial charge in [0.1, 0.15) is 11.5 Å². The average Bonchev–Trinajstić information content (AvgIpc) is 2.58. The van der Waals surface area contributed by atoms with Crippen LogP contribution < -0.4 is 0 Å². The highest BCUT2D eigenvalue weighted by Crippen LogP contribution is 2.13. The summed E-state index contributed by atoms with van der Waals surface area (Å²) in [5.74, 6) is 0.389. The molecule has 0 spiro atoms. The fourth-order valence-electron chi connectivity index (χ4n) is 2.11. The zero-order chi connectivity index (χ0) is 17.2. The van der Waals surface area contributed by atoms with Crippen molar-refractivity contribution in [3.63, 3.8) is 0 Å². The number of hydrogen-bond acceptors (Lipinski definition) is 5. The molecular formula is C19H22N2O3. The van der Waals surface area contributed by atoms with Gasteiger partial charge in [-0.1, -0.05) is 24.3 Å². The van der Waals surface area contributed by atoms with E-state index in [4.69, 9.17) is 0 Å². The van der Waals surface area contributed by atoms with E-state index >= 15 is 0 Å². The topological polar surface area (TPSA) is 85.4 Å². The molecule has 0 heterocycles. The van der Waals surface area contributed by atoms with Crippen molar-refractivity contribution >= 4 is 12.4 Å². The Kier molecular flexibility index (Phi) is 6.98. The Balaban J connectivity index is 1.68. The van der Waals surface area contributed by atoms with Gasteiger partial charge in [-0.05, 0) is 37.1 Å². The second kappa shape index (κ2) is 9.47. The molecule has 0 radical (unpaired) electrons. The molecule has 3 N–H and O–H groups in total. The number of rotatable bonds is 8. The largest absolute Gasteiger partial charge is 0.507 e. The Labute approximate surface area is 141 Å². The van der Waals surface area contributed by atoms with Gasteiger partial charge in [0.15, 0.2) is 0 Å². The lowest BCUT2D eigenvalue weighted by atomic mass is 10.2. The first-order chi connectivity index (χ1) is 11.7. The summed E-state index contributed by atoms with van der Waals surface area (Å²) < 4.78 is 0. The minimum atomic E-state index is -0.479. The molecule has 24 heavy (non-hydrogen) atoms. The molecule has 0 bridgehead atoms. The van der Waals surface area contributed by atoms with Crippen LogP contribution in [0.4, 0.5) is 0 Å².